The summed E-state index contributed by atoms with van der Waals surface area (Å²) in [6.07, 6.45) is 4.53. The van der Waals surface area contributed by atoms with Crippen molar-refractivity contribution in [1.29, 1.82) is 0 Å². The fourth-order valence-corrected chi connectivity index (χ4v) is 3.56. The Hall–Kier alpha value is -3.27. The molecule has 1 amide bonds. The fourth-order valence-electron chi connectivity index (χ4n) is 3.56. The molecule has 5 rings (SSSR count). The highest BCUT2D eigenvalue weighted by atomic mass is 19.1. The second kappa shape index (κ2) is 6.13. The number of benzene rings is 1. The van der Waals surface area contributed by atoms with E-state index in [1.807, 2.05) is 18.3 Å². The molecule has 0 bridgehead atoms. The van der Waals surface area contributed by atoms with E-state index >= 15 is 4.39 Å². The third kappa shape index (κ3) is 2.73. The Balaban J connectivity index is 1.60. The van der Waals surface area contributed by atoms with Gasteiger partial charge in [0.15, 0.2) is 0 Å². The largest absolute Gasteiger partial charge is 0.345 e. The summed E-state index contributed by atoms with van der Waals surface area (Å²) in [5.41, 5.74) is 1.28. The summed E-state index contributed by atoms with van der Waals surface area (Å²) in [6.45, 7) is 7.47. The van der Waals surface area contributed by atoms with Crippen molar-refractivity contribution in [3.63, 3.8) is 0 Å². The number of hydrogen-bond donors (Lipinski definition) is 1. The van der Waals surface area contributed by atoms with Crippen LogP contribution >= 0.6 is 0 Å². The van der Waals surface area contributed by atoms with E-state index in [0.29, 0.717) is 17.0 Å². The molecule has 2 unspecified atom stereocenters. The van der Waals surface area contributed by atoms with Gasteiger partial charge >= 0.3 is 0 Å². The molecule has 140 valence electrons. The zero-order chi connectivity index (χ0) is 19.4. The monoisotopic (exact) mass is 378 g/mol. The van der Waals surface area contributed by atoms with Crippen LogP contribution in [-0.2, 0) is 4.79 Å². The lowest BCUT2D eigenvalue weighted by molar-refractivity contribution is -0.117. The molecule has 3 aromatic rings. The first kappa shape index (κ1) is 16.9. The molecular weight excluding hydrogens is 362 g/mol. The smallest absolute Gasteiger partial charge is 0.231 e. The van der Waals surface area contributed by atoms with Gasteiger partial charge in [-0.2, -0.15) is 0 Å². The van der Waals surface area contributed by atoms with Crippen LogP contribution in [-0.4, -0.2) is 21.6 Å². The number of fused-ring (bicyclic) bond motifs is 1. The van der Waals surface area contributed by atoms with E-state index in [1.165, 1.54) is 6.20 Å². The van der Waals surface area contributed by atoms with Crippen LogP contribution in [0, 0.1) is 18.3 Å². The number of alkyl halides is 1. The molecule has 0 spiro atoms. The molecule has 2 heterocycles. The summed E-state index contributed by atoms with van der Waals surface area (Å²) in [4.78, 5) is 19.5. The molecule has 2 atom stereocenters. The number of carbonyl (C=O) groups is 1. The van der Waals surface area contributed by atoms with Crippen LogP contribution in [0.1, 0.15) is 25.3 Å². The minimum atomic E-state index is -1.10. The summed E-state index contributed by atoms with van der Waals surface area (Å²) in [5.74, 6) is -1.42. The molecule has 2 aliphatic rings. The Morgan fingerprint density at radius 3 is 2.82 bits per heavy atom. The minimum Gasteiger partial charge on any atom is -0.345 e. The Kier molecular flexibility index (Phi) is 3.69. The molecule has 1 aromatic carbocycles. The number of nitrogens with one attached hydrogen (secondary N) is 1. The number of hydrogen-bond acceptors (Lipinski definition) is 2. The average molecular weight is 378 g/mol. The summed E-state index contributed by atoms with van der Waals surface area (Å²) in [6, 6.07) is 7.48. The highest BCUT2D eigenvalue weighted by molar-refractivity contribution is 5.98. The zero-order valence-corrected chi connectivity index (χ0v) is 14.8. The van der Waals surface area contributed by atoms with Gasteiger partial charge in [0, 0.05) is 35.1 Å². The third-order valence-electron chi connectivity index (χ3n) is 5.34. The quantitative estimate of drug-likeness (QED) is 0.648. The molecule has 0 aliphatic heterocycles. The van der Waals surface area contributed by atoms with Gasteiger partial charge < -0.3 is 9.88 Å². The molecule has 7 heteroatoms. The predicted molar refractivity (Wildman–Crippen MR) is 101 cm³/mol. The van der Waals surface area contributed by atoms with Crippen molar-refractivity contribution < 1.29 is 13.6 Å². The molecule has 2 fully saturated rings. The second-order valence-corrected chi connectivity index (χ2v) is 7.37. The molecule has 2 saturated carbocycles. The molecule has 2 aliphatic carbocycles. The molecule has 0 saturated heterocycles. The first-order chi connectivity index (χ1) is 13.6. The van der Waals surface area contributed by atoms with E-state index in [4.69, 9.17) is 6.57 Å². The summed E-state index contributed by atoms with van der Waals surface area (Å²) < 4.78 is 30.2. The standard InChI is InChI=1S/C21H16F2N4O/c1-24-20-14(17-3-2-6-27(17)12-4-5-12)7-11-8-18(25-10-15(11)19(20)23)26-21(28)13-9-16(13)22/h2-3,6-8,10,12-13,16H,4-5,9H2,(H,25,26,28). The number of rotatable bonds is 4. The van der Waals surface area contributed by atoms with Gasteiger partial charge in [-0.3, -0.25) is 4.79 Å². The van der Waals surface area contributed by atoms with Gasteiger partial charge in [0.1, 0.15) is 17.8 Å². The Labute approximate surface area is 159 Å². The van der Waals surface area contributed by atoms with E-state index in [9.17, 15) is 9.18 Å². The van der Waals surface area contributed by atoms with Crippen LogP contribution in [0.5, 0.6) is 0 Å². The van der Waals surface area contributed by atoms with E-state index in [2.05, 4.69) is 19.7 Å². The predicted octanol–water partition coefficient (Wildman–Crippen LogP) is 5.02. The van der Waals surface area contributed by atoms with Crippen molar-refractivity contribution >= 4 is 28.2 Å². The average Bonchev–Trinajstić information content (AvgIpc) is 3.60. The van der Waals surface area contributed by atoms with Gasteiger partial charge in [0.05, 0.1) is 12.5 Å². The number of carbonyl (C=O) groups excluding carboxylic acids is 1. The van der Waals surface area contributed by atoms with Gasteiger partial charge in [-0.05, 0) is 42.8 Å². The minimum absolute atomic E-state index is 0.0371. The van der Waals surface area contributed by atoms with E-state index in [1.54, 1.807) is 12.1 Å². The number of amides is 1. The van der Waals surface area contributed by atoms with Gasteiger partial charge in [0.25, 0.3) is 0 Å². The summed E-state index contributed by atoms with van der Waals surface area (Å²) in [7, 11) is 0. The molecule has 28 heavy (non-hydrogen) atoms. The Bertz CT molecular complexity index is 1160. The van der Waals surface area contributed by atoms with Crippen molar-refractivity contribution in [2.75, 3.05) is 5.32 Å². The third-order valence-corrected chi connectivity index (χ3v) is 5.34. The molecule has 1 N–H and O–H groups in total. The van der Waals surface area contributed by atoms with Gasteiger partial charge in [0.2, 0.25) is 11.6 Å². The maximum absolute atomic E-state index is 15.1. The van der Waals surface area contributed by atoms with E-state index in [0.717, 1.165) is 18.5 Å². The SMILES string of the molecule is [C-]#[N+]c1c(-c2cccn2C2CC2)cc2cc(NC(=O)C3CC3F)ncc2c1F. The van der Waals surface area contributed by atoms with Crippen molar-refractivity contribution in [3.05, 3.63) is 53.9 Å². The van der Waals surface area contributed by atoms with E-state index in [-0.39, 0.29) is 23.3 Å². The number of nitrogens with zero attached hydrogens (tertiary/aromatic N) is 3. The summed E-state index contributed by atoms with van der Waals surface area (Å²) in [5, 5.41) is 3.33. The van der Waals surface area contributed by atoms with Crippen LogP contribution < -0.4 is 5.32 Å². The van der Waals surface area contributed by atoms with Crippen LogP contribution in [0.2, 0.25) is 0 Å². The molecular formula is C21H16F2N4O. The lowest BCUT2D eigenvalue weighted by Gasteiger charge is -2.13. The second-order valence-electron chi connectivity index (χ2n) is 7.37. The number of anilines is 1. The zero-order valence-electron chi connectivity index (χ0n) is 14.8. The first-order valence-electron chi connectivity index (χ1n) is 9.18. The van der Waals surface area contributed by atoms with Crippen LogP contribution in [0.3, 0.4) is 0 Å². The molecule has 5 nitrogen and oxygen atoms in total. The topological polar surface area (TPSA) is 51.3 Å². The van der Waals surface area contributed by atoms with Gasteiger partial charge in [-0.1, -0.05) is 6.07 Å². The Morgan fingerprint density at radius 2 is 2.14 bits per heavy atom. The van der Waals surface area contributed by atoms with E-state index < -0.39 is 23.8 Å². The van der Waals surface area contributed by atoms with Crippen molar-refractivity contribution in [1.82, 2.24) is 9.55 Å². The Morgan fingerprint density at radius 1 is 1.36 bits per heavy atom. The van der Waals surface area contributed by atoms with Gasteiger partial charge in [-0.15, -0.1) is 0 Å². The highest BCUT2D eigenvalue weighted by Crippen LogP contribution is 2.43. The van der Waals surface area contributed by atoms with Crippen molar-refractivity contribution in [2.45, 2.75) is 31.5 Å². The summed E-state index contributed by atoms with van der Waals surface area (Å²) >= 11 is 0. The first-order valence-corrected chi connectivity index (χ1v) is 9.18. The number of pyridine rings is 1. The number of halogens is 2. The van der Waals surface area contributed by atoms with Crippen molar-refractivity contribution in [2.24, 2.45) is 5.92 Å². The molecule has 0 radical (unpaired) electrons. The van der Waals surface area contributed by atoms with Crippen LogP contribution in [0.15, 0.2) is 36.7 Å². The lowest BCUT2D eigenvalue weighted by Crippen LogP contribution is -2.15. The normalized spacial score (nSPS) is 20.8. The van der Waals surface area contributed by atoms with Crippen LogP contribution in [0.4, 0.5) is 20.3 Å². The maximum Gasteiger partial charge on any atom is 0.231 e. The van der Waals surface area contributed by atoms with Crippen molar-refractivity contribution in [3.8, 4) is 11.3 Å². The highest BCUT2D eigenvalue weighted by Gasteiger charge is 2.43. The van der Waals surface area contributed by atoms with Gasteiger partial charge in [-0.25, -0.2) is 18.6 Å². The molecule has 2 aromatic heterocycles. The maximum atomic E-state index is 15.1. The number of aromatic nitrogens is 2. The fraction of sp³-hybridized carbons (Fsp3) is 0.286. The lowest BCUT2D eigenvalue weighted by atomic mass is 10.0. The van der Waals surface area contributed by atoms with Crippen LogP contribution in [0.25, 0.3) is 26.9 Å².